The Morgan fingerprint density at radius 1 is 1.04 bits per heavy atom. The number of carbonyl (C=O) groups excluding carboxylic acids is 1. The fraction of sp³-hybridized carbons (Fsp3) is 0.316. The van der Waals surface area contributed by atoms with Crippen LogP contribution in [0.25, 0.3) is 0 Å². The molecule has 26 heavy (non-hydrogen) atoms. The molecule has 1 aliphatic rings. The molecule has 0 atom stereocenters. The highest BCUT2D eigenvalue weighted by atomic mass is 35.5. The van der Waals surface area contributed by atoms with Gasteiger partial charge in [-0.1, -0.05) is 23.2 Å². The lowest BCUT2D eigenvalue weighted by atomic mass is 10.2. The molecule has 1 amide bonds. The normalized spacial score (nSPS) is 14.4. The second kappa shape index (κ2) is 8.60. The number of amides is 1. The second-order valence-electron chi connectivity index (χ2n) is 6.15. The maximum atomic E-state index is 13.0. The van der Waals surface area contributed by atoms with Gasteiger partial charge in [-0.05, 0) is 42.5 Å². The summed E-state index contributed by atoms with van der Waals surface area (Å²) in [6.07, 6.45) is 0.388. The van der Waals surface area contributed by atoms with Gasteiger partial charge in [-0.25, -0.2) is 4.39 Å². The van der Waals surface area contributed by atoms with E-state index in [1.165, 1.54) is 12.1 Å². The summed E-state index contributed by atoms with van der Waals surface area (Å²) < 4.78 is 13.0. The highest BCUT2D eigenvalue weighted by Gasteiger charge is 2.21. The second-order valence-corrected chi connectivity index (χ2v) is 6.99. The van der Waals surface area contributed by atoms with E-state index in [2.05, 4.69) is 10.2 Å². The van der Waals surface area contributed by atoms with Gasteiger partial charge in [0.1, 0.15) is 5.82 Å². The summed E-state index contributed by atoms with van der Waals surface area (Å²) in [6, 6.07) is 11.6. The number of carbonyl (C=O) groups is 1. The maximum Gasteiger partial charge on any atom is 0.224 e. The molecule has 1 N–H and O–H groups in total. The van der Waals surface area contributed by atoms with Gasteiger partial charge in [0.15, 0.2) is 0 Å². The van der Waals surface area contributed by atoms with E-state index in [0.29, 0.717) is 36.1 Å². The van der Waals surface area contributed by atoms with E-state index in [1.807, 2.05) is 4.90 Å². The summed E-state index contributed by atoms with van der Waals surface area (Å²) in [7, 11) is 0. The van der Waals surface area contributed by atoms with Gasteiger partial charge in [-0.15, -0.1) is 0 Å². The minimum atomic E-state index is -0.241. The minimum Gasteiger partial charge on any atom is -0.383 e. The highest BCUT2D eigenvalue weighted by Crippen LogP contribution is 2.25. The zero-order valence-corrected chi connectivity index (χ0v) is 15.7. The van der Waals surface area contributed by atoms with Crippen LogP contribution in [0, 0.1) is 5.82 Å². The molecule has 0 saturated carbocycles. The van der Waals surface area contributed by atoms with Crippen LogP contribution < -0.4 is 10.2 Å². The number of rotatable bonds is 5. The Hall–Kier alpha value is -1.98. The SMILES string of the molecule is O=C(CCNc1cc(Cl)ccc1Cl)N1CCN(c2ccc(F)cc2)CC1. The predicted molar refractivity (Wildman–Crippen MR) is 105 cm³/mol. The van der Waals surface area contributed by atoms with Crippen molar-refractivity contribution < 1.29 is 9.18 Å². The average Bonchev–Trinajstić information content (AvgIpc) is 2.65. The molecule has 2 aromatic rings. The molecule has 1 fully saturated rings. The van der Waals surface area contributed by atoms with E-state index in [1.54, 1.807) is 30.3 Å². The molecule has 0 bridgehead atoms. The lowest BCUT2D eigenvalue weighted by Gasteiger charge is -2.36. The van der Waals surface area contributed by atoms with Crippen LogP contribution in [0.4, 0.5) is 15.8 Å². The van der Waals surface area contributed by atoms with Gasteiger partial charge < -0.3 is 15.1 Å². The number of benzene rings is 2. The quantitative estimate of drug-likeness (QED) is 0.820. The molecule has 0 radical (unpaired) electrons. The summed E-state index contributed by atoms with van der Waals surface area (Å²) in [5.41, 5.74) is 1.71. The Morgan fingerprint density at radius 3 is 2.42 bits per heavy atom. The van der Waals surface area contributed by atoms with E-state index in [4.69, 9.17) is 23.2 Å². The van der Waals surface area contributed by atoms with Crippen molar-refractivity contribution in [2.45, 2.75) is 6.42 Å². The lowest BCUT2D eigenvalue weighted by Crippen LogP contribution is -2.49. The molecule has 7 heteroatoms. The molecular formula is C19H20Cl2FN3O. The molecule has 0 unspecified atom stereocenters. The number of halogens is 3. The van der Waals surface area contributed by atoms with Crippen molar-refractivity contribution in [2.75, 3.05) is 42.9 Å². The standard InChI is InChI=1S/C19H20Cl2FN3O/c20-14-1-6-17(21)18(13-14)23-8-7-19(26)25-11-9-24(10-12-25)16-4-2-15(22)3-5-16/h1-6,13,23H,7-12H2. The Labute approximate surface area is 162 Å². The number of nitrogens with one attached hydrogen (secondary N) is 1. The molecule has 1 heterocycles. The minimum absolute atomic E-state index is 0.106. The zero-order valence-electron chi connectivity index (χ0n) is 14.2. The Kier molecular flexibility index (Phi) is 6.22. The number of nitrogens with zero attached hydrogens (tertiary/aromatic N) is 2. The van der Waals surface area contributed by atoms with Gasteiger partial charge in [0, 0.05) is 49.9 Å². The monoisotopic (exact) mass is 395 g/mol. The van der Waals surface area contributed by atoms with E-state index >= 15 is 0 Å². The van der Waals surface area contributed by atoms with E-state index in [-0.39, 0.29) is 11.7 Å². The summed E-state index contributed by atoms with van der Waals surface area (Å²) in [5, 5.41) is 4.33. The maximum absolute atomic E-state index is 13.0. The smallest absolute Gasteiger partial charge is 0.224 e. The van der Waals surface area contributed by atoms with Crippen LogP contribution in [0.15, 0.2) is 42.5 Å². The van der Waals surface area contributed by atoms with E-state index < -0.39 is 0 Å². The molecule has 0 aliphatic carbocycles. The van der Waals surface area contributed by atoms with Crippen LogP contribution >= 0.6 is 23.2 Å². The Morgan fingerprint density at radius 2 is 1.73 bits per heavy atom. The summed E-state index contributed by atoms with van der Waals surface area (Å²) in [6.45, 7) is 3.30. The van der Waals surface area contributed by atoms with Gasteiger partial charge >= 0.3 is 0 Å². The first-order chi connectivity index (χ1) is 12.5. The van der Waals surface area contributed by atoms with Gasteiger partial charge in [0.2, 0.25) is 5.91 Å². The fourth-order valence-electron chi connectivity index (χ4n) is 2.96. The molecule has 1 aliphatic heterocycles. The van der Waals surface area contributed by atoms with Crippen molar-refractivity contribution >= 4 is 40.5 Å². The van der Waals surface area contributed by atoms with Crippen molar-refractivity contribution in [2.24, 2.45) is 0 Å². The first-order valence-corrected chi connectivity index (χ1v) is 9.26. The van der Waals surface area contributed by atoms with Crippen LogP contribution in [0.3, 0.4) is 0 Å². The van der Waals surface area contributed by atoms with Gasteiger partial charge in [-0.2, -0.15) is 0 Å². The molecule has 0 spiro atoms. The van der Waals surface area contributed by atoms with Crippen LogP contribution in [0.5, 0.6) is 0 Å². The highest BCUT2D eigenvalue weighted by molar-refractivity contribution is 6.35. The topological polar surface area (TPSA) is 35.6 Å². The van der Waals surface area contributed by atoms with Crippen LogP contribution in [-0.2, 0) is 4.79 Å². The van der Waals surface area contributed by atoms with Crippen LogP contribution in [-0.4, -0.2) is 43.5 Å². The zero-order chi connectivity index (χ0) is 18.5. The fourth-order valence-corrected chi connectivity index (χ4v) is 3.32. The molecule has 3 rings (SSSR count). The number of hydrogen-bond acceptors (Lipinski definition) is 3. The summed E-state index contributed by atoms with van der Waals surface area (Å²) in [4.78, 5) is 16.4. The third-order valence-electron chi connectivity index (χ3n) is 4.41. The molecule has 2 aromatic carbocycles. The van der Waals surface area contributed by atoms with Gasteiger partial charge in [-0.3, -0.25) is 4.79 Å². The predicted octanol–water partition coefficient (Wildman–Crippen LogP) is 4.28. The molecular weight excluding hydrogens is 376 g/mol. The summed E-state index contributed by atoms with van der Waals surface area (Å²) >= 11 is 12.1. The summed E-state index contributed by atoms with van der Waals surface area (Å²) in [5.74, 6) is -0.135. The lowest BCUT2D eigenvalue weighted by molar-refractivity contribution is -0.131. The van der Waals surface area contributed by atoms with Gasteiger partial charge in [0.25, 0.3) is 0 Å². The first-order valence-electron chi connectivity index (χ1n) is 8.50. The molecule has 0 aromatic heterocycles. The van der Waals surface area contributed by atoms with Gasteiger partial charge in [0.05, 0.1) is 10.7 Å². The third kappa shape index (κ3) is 4.80. The number of piperazine rings is 1. The van der Waals surface area contributed by atoms with Crippen molar-refractivity contribution in [3.8, 4) is 0 Å². The van der Waals surface area contributed by atoms with Crippen LogP contribution in [0.2, 0.25) is 10.0 Å². The first kappa shape index (κ1) is 18.8. The largest absolute Gasteiger partial charge is 0.383 e. The molecule has 4 nitrogen and oxygen atoms in total. The van der Waals surface area contributed by atoms with Crippen molar-refractivity contribution in [3.05, 3.63) is 58.3 Å². The van der Waals surface area contributed by atoms with E-state index in [0.717, 1.165) is 24.5 Å². The van der Waals surface area contributed by atoms with Crippen molar-refractivity contribution in [3.63, 3.8) is 0 Å². The van der Waals surface area contributed by atoms with Crippen molar-refractivity contribution in [1.82, 2.24) is 4.90 Å². The average molecular weight is 396 g/mol. The molecule has 138 valence electrons. The van der Waals surface area contributed by atoms with Crippen molar-refractivity contribution in [1.29, 1.82) is 0 Å². The Balaban J connectivity index is 1.45. The third-order valence-corrected chi connectivity index (χ3v) is 4.97. The molecule has 1 saturated heterocycles. The Bertz CT molecular complexity index is 762. The number of hydrogen-bond donors (Lipinski definition) is 1. The number of anilines is 2. The van der Waals surface area contributed by atoms with E-state index in [9.17, 15) is 9.18 Å². The van der Waals surface area contributed by atoms with Crippen LogP contribution in [0.1, 0.15) is 6.42 Å².